The monoisotopic (exact) mass is 650 g/mol. The molecule has 10 heteroatoms. The Morgan fingerprint density at radius 2 is 1.90 bits per heavy atom. The summed E-state index contributed by atoms with van der Waals surface area (Å²) < 4.78 is 14.5. The molecule has 0 radical (unpaired) electrons. The molecule has 1 aromatic heterocycles. The Morgan fingerprint density at radius 3 is 2.66 bits per heavy atom. The summed E-state index contributed by atoms with van der Waals surface area (Å²) in [5.41, 5.74) is 4.97. The van der Waals surface area contributed by atoms with E-state index in [2.05, 4.69) is 40.8 Å². The molecule has 3 aromatic carbocycles. The fourth-order valence-corrected chi connectivity index (χ4v) is 6.00. The lowest BCUT2D eigenvalue weighted by Gasteiger charge is -2.29. The van der Waals surface area contributed by atoms with Crippen LogP contribution in [0.15, 0.2) is 100 Å². The van der Waals surface area contributed by atoms with E-state index in [0.29, 0.717) is 45.5 Å². The van der Waals surface area contributed by atoms with E-state index < -0.39 is 12.0 Å². The quantitative estimate of drug-likeness (QED) is 0.106. The number of benzene rings is 3. The smallest absolute Gasteiger partial charge is 0.338 e. The molecular formula is C31H28BrClN4O3S. The summed E-state index contributed by atoms with van der Waals surface area (Å²) >= 11 is 11.4. The Morgan fingerprint density at radius 1 is 1.15 bits per heavy atom. The van der Waals surface area contributed by atoms with Crippen molar-refractivity contribution in [2.75, 3.05) is 11.9 Å². The first-order valence-corrected chi connectivity index (χ1v) is 15.1. The van der Waals surface area contributed by atoms with Gasteiger partial charge in [0, 0.05) is 26.5 Å². The summed E-state index contributed by atoms with van der Waals surface area (Å²) in [4.78, 5) is 18.2. The van der Waals surface area contributed by atoms with E-state index in [1.165, 1.54) is 11.8 Å². The number of esters is 1. The van der Waals surface area contributed by atoms with E-state index in [1.807, 2.05) is 67.6 Å². The first-order chi connectivity index (χ1) is 19.9. The zero-order valence-corrected chi connectivity index (χ0v) is 25.7. The van der Waals surface area contributed by atoms with Crippen LogP contribution in [0.25, 0.3) is 0 Å². The molecule has 0 fully saturated rings. The number of allylic oxidation sites excluding steroid dienone is 1. The first-order valence-electron chi connectivity index (χ1n) is 12.9. The first kappa shape index (κ1) is 29.0. The molecule has 0 aliphatic carbocycles. The van der Waals surface area contributed by atoms with E-state index >= 15 is 0 Å². The Kier molecular flexibility index (Phi) is 9.17. The van der Waals surface area contributed by atoms with Gasteiger partial charge in [-0.3, -0.25) is 0 Å². The van der Waals surface area contributed by atoms with Gasteiger partial charge in [0.05, 0.1) is 5.57 Å². The number of hydrogen-bond donors (Lipinski definition) is 1. The molecule has 7 nitrogen and oxygen atoms in total. The van der Waals surface area contributed by atoms with Crippen molar-refractivity contribution >= 4 is 51.2 Å². The van der Waals surface area contributed by atoms with Crippen molar-refractivity contribution in [1.29, 1.82) is 0 Å². The van der Waals surface area contributed by atoms with Gasteiger partial charge in [0.2, 0.25) is 11.1 Å². The molecule has 0 saturated carbocycles. The molecule has 1 unspecified atom stereocenters. The number of thioether (sulfide) groups is 1. The highest BCUT2D eigenvalue weighted by molar-refractivity contribution is 9.10. The molecule has 1 atom stereocenters. The highest BCUT2D eigenvalue weighted by Crippen LogP contribution is 2.42. The number of fused-ring (bicyclic) bond motifs is 1. The van der Waals surface area contributed by atoms with Crippen LogP contribution < -0.4 is 10.1 Å². The van der Waals surface area contributed by atoms with Gasteiger partial charge in [0.1, 0.15) is 25.0 Å². The van der Waals surface area contributed by atoms with E-state index in [0.717, 1.165) is 26.7 Å². The van der Waals surface area contributed by atoms with Crippen LogP contribution in [0.3, 0.4) is 0 Å². The molecule has 0 spiro atoms. The fraction of sp³-hybridized carbons (Fsp3) is 0.194. The minimum atomic E-state index is -0.657. The van der Waals surface area contributed by atoms with Gasteiger partial charge < -0.3 is 14.8 Å². The number of ether oxygens (including phenoxy) is 2. The van der Waals surface area contributed by atoms with Crippen LogP contribution in [0, 0.1) is 6.92 Å². The number of anilines is 1. The van der Waals surface area contributed by atoms with Crippen LogP contribution in [0.2, 0.25) is 5.02 Å². The maximum Gasteiger partial charge on any atom is 0.338 e. The minimum absolute atomic E-state index is 0.0839. The minimum Gasteiger partial charge on any atom is -0.489 e. The standard InChI is InChI=1S/C31H28BrClN4O3S/c1-4-15-39-29(38)27-20(3)34-30-35-31(41-18-22-11-7-8-12-25(22)33)36-37(30)28(27)24-16-23(32)13-14-26(24)40-17-21-10-6-5-9-19(21)2/h4-14,16,28H,1,15,17-18H2,2-3H3,(H,34,35,36). The normalized spacial score (nSPS) is 14.3. The number of nitrogens with zero attached hydrogens (tertiary/aromatic N) is 3. The van der Waals surface area contributed by atoms with Gasteiger partial charge in [0.15, 0.2) is 0 Å². The molecule has 41 heavy (non-hydrogen) atoms. The number of carbonyl (C=O) groups is 1. The Hall–Kier alpha value is -3.53. The number of aromatic nitrogens is 3. The van der Waals surface area contributed by atoms with E-state index in [1.54, 1.807) is 10.8 Å². The summed E-state index contributed by atoms with van der Waals surface area (Å²) in [5.74, 6) is 1.25. The predicted molar refractivity (Wildman–Crippen MR) is 166 cm³/mol. The van der Waals surface area contributed by atoms with Crippen molar-refractivity contribution in [1.82, 2.24) is 14.8 Å². The number of halogens is 2. The van der Waals surface area contributed by atoms with Crippen LogP contribution in [0.1, 0.15) is 35.2 Å². The molecule has 1 aliphatic rings. The van der Waals surface area contributed by atoms with Crippen LogP contribution in [0.5, 0.6) is 5.75 Å². The van der Waals surface area contributed by atoms with E-state index in [-0.39, 0.29) is 6.61 Å². The van der Waals surface area contributed by atoms with Crippen molar-refractivity contribution in [3.8, 4) is 5.75 Å². The third-order valence-corrected chi connectivity index (χ3v) is 8.36. The second-order valence-electron chi connectivity index (χ2n) is 9.39. The Balaban J connectivity index is 1.54. The van der Waals surface area contributed by atoms with Crippen molar-refractivity contribution < 1.29 is 14.3 Å². The number of carbonyl (C=O) groups excluding carboxylic acids is 1. The number of aryl methyl sites for hydroxylation is 1. The van der Waals surface area contributed by atoms with Gasteiger partial charge in [-0.25, -0.2) is 9.48 Å². The molecule has 4 aromatic rings. The summed E-state index contributed by atoms with van der Waals surface area (Å²) in [5, 5.41) is 9.31. The van der Waals surface area contributed by atoms with E-state index in [4.69, 9.17) is 31.2 Å². The van der Waals surface area contributed by atoms with Gasteiger partial charge in [-0.15, -0.1) is 5.10 Å². The predicted octanol–water partition coefficient (Wildman–Crippen LogP) is 7.89. The van der Waals surface area contributed by atoms with Gasteiger partial charge in [-0.1, -0.05) is 94.4 Å². The van der Waals surface area contributed by atoms with Crippen LogP contribution in [-0.2, 0) is 21.9 Å². The van der Waals surface area contributed by atoms with Crippen LogP contribution in [0.4, 0.5) is 5.95 Å². The summed E-state index contributed by atoms with van der Waals surface area (Å²) in [6.07, 6.45) is 1.54. The Bertz CT molecular complexity index is 1640. The highest BCUT2D eigenvalue weighted by atomic mass is 79.9. The molecule has 0 saturated heterocycles. The molecule has 0 bridgehead atoms. The number of nitrogens with one attached hydrogen (secondary N) is 1. The SMILES string of the molecule is C=CCOC(=O)C1=C(C)Nc2nc(SCc3ccccc3Cl)nn2C1c1cc(Br)ccc1OCc1ccccc1C. The van der Waals surface area contributed by atoms with Crippen LogP contribution in [-0.4, -0.2) is 27.3 Å². The van der Waals surface area contributed by atoms with Crippen LogP contribution >= 0.6 is 39.3 Å². The second-order valence-corrected chi connectivity index (χ2v) is 11.7. The molecule has 5 rings (SSSR count). The van der Waals surface area contributed by atoms with Gasteiger partial charge in [-0.2, -0.15) is 4.98 Å². The lowest BCUT2D eigenvalue weighted by Crippen LogP contribution is -2.30. The topological polar surface area (TPSA) is 78.3 Å². The summed E-state index contributed by atoms with van der Waals surface area (Å²) in [6, 6.07) is 20.9. The summed E-state index contributed by atoms with van der Waals surface area (Å²) in [7, 11) is 0. The third-order valence-electron chi connectivity index (χ3n) is 6.61. The van der Waals surface area contributed by atoms with Gasteiger partial charge >= 0.3 is 5.97 Å². The van der Waals surface area contributed by atoms with Gasteiger partial charge in [0.25, 0.3) is 0 Å². The average molecular weight is 652 g/mol. The zero-order chi connectivity index (χ0) is 28.9. The molecular weight excluding hydrogens is 624 g/mol. The molecule has 1 aliphatic heterocycles. The zero-order valence-electron chi connectivity index (χ0n) is 22.6. The second kappa shape index (κ2) is 13.0. The number of hydrogen-bond acceptors (Lipinski definition) is 7. The maximum atomic E-state index is 13.4. The molecule has 1 N–H and O–H groups in total. The van der Waals surface area contributed by atoms with Crippen molar-refractivity contribution in [2.45, 2.75) is 37.4 Å². The summed E-state index contributed by atoms with van der Waals surface area (Å²) in [6.45, 7) is 8.01. The highest BCUT2D eigenvalue weighted by Gasteiger charge is 2.37. The fourth-order valence-electron chi connectivity index (χ4n) is 4.51. The lowest BCUT2D eigenvalue weighted by molar-refractivity contribution is -0.138. The third kappa shape index (κ3) is 6.53. The average Bonchev–Trinajstić information content (AvgIpc) is 3.37. The molecule has 210 valence electrons. The van der Waals surface area contributed by atoms with Gasteiger partial charge in [-0.05, 0) is 54.8 Å². The van der Waals surface area contributed by atoms with Crippen molar-refractivity contribution in [3.63, 3.8) is 0 Å². The maximum absolute atomic E-state index is 13.4. The lowest BCUT2D eigenvalue weighted by atomic mass is 9.95. The van der Waals surface area contributed by atoms with E-state index in [9.17, 15) is 4.79 Å². The molecule has 2 heterocycles. The van der Waals surface area contributed by atoms with Crippen molar-refractivity contribution in [3.05, 3.63) is 122 Å². The number of rotatable bonds is 10. The molecule has 0 amide bonds. The van der Waals surface area contributed by atoms with Crippen molar-refractivity contribution in [2.24, 2.45) is 0 Å². The Labute approximate surface area is 256 Å². The largest absolute Gasteiger partial charge is 0.489 e.